The Hall–Kier alpha value is -4.40. The highest BCUT2D eigenvalue weighted by atomic mass is 16.2. The van der Waals surface area contributed by atoms with E-state index in [1.165, 1.54) is 54.4 Å². The summed E-state index contributed by atoms with van der Waals surface area (Å²) < 4.78 is 0. The van der Waals surface area contributed by atoms with Crippen LogP contribution in [0.25, 0.3) is 11.1 Å². The Morgan fingerprint density at radius 2 is 1.24 bits per heavy atom. The summed E-state index contributed by atoms with van der Waals surface area (Å²) in [5.41, 5.74) is 11.2. The lowest BCUT2D eigenvalue weighted by Gasteiger charge is -2.27. The van der Waals surface area contributed by atoms with Gasteiger partial charge in [0.05, 0.1) is 0 Å². The fourth-order valence-corrected chi connectivity index (χ4v) is 7.19. The SMILES string of the molecule is CCNCc1cnc(C(=O)Nc2cccc(-c3cccc(NC(=O)c4cc(C5CC5)c(CN5CCCCC5)cn4)c3C)c2C)cc1C1CC1. The number of anilines is 2. The van der Waals surface area contributed by atoms with Gasteiger partial charge in [0, 0.05) is 36.9 Å². The standard InChI is InChI=1S/C41H48N6O2/c1-4-42-22-30-23-43-38(20-34(30)28-14-15-28)40(48)45-36-12-8-10-32(26(36)2)33-11-9-13-37(27(33)3)46-41(49)39-21-35(29-16-17-29)31(24-44-39)25-47-18-6-5-7-19-47/h8-13,20-21,23-24,28-29,42H,4-7,14-19,22,25H2,1-3H3,(H,45,48)(H,46,49). The van der Waals surface area contributed by atoms with E-state index in [2.05, 4.69) is 49.9 Å². The quantitative estimate of drug-likeness (QED) is 0.143. The number of likely N-dealkylation sites (tertiary alicyclic amines) is 1. The topological polar surface area (TPSA) is 99.2 Å². The lowest BCUT2D eigenvalue weighted by molar-refractivity contribution is 0.101. The Kier molecular flexibility index (Phi) is 9.87. The zero-order chi connectivity index (χ0) is 33.9. The third-order valence-corrected chi connectivity index (χ3v) is 10.4. The van der Waals surface area contributed by atoms with E-state index in [4.69, 9.17) is 0 Å². The van der Waals surface area contributed by atoms with Gasteiger partial charge in [-0.05, 0) is 153 Å². The first-order valence-electron chi connectivity index (χ1n) is 18.1. The molecule has 49 heavy (non-hydrogen) atoms. The van der Waals surface area contributed by atoms with E-state index >= 15 is 0 Å². The molecule has 3 aliphatic rings. The highest BCUT2D eigenvalue weighted by Gasteiger charge is 2.29. The number of aromatic nitrogens is 2. The molecule has 254 valence electrons. The monoisotopic (exact) mass is 656 g/mol. The minimum atomic E-state index is -0.213. The maximum atomic E-state index is 13.6. The van der Waals surface area contributed by atoms with Crippen LogP contribution in [0, 0.1) is 13.8 Å². The molecule has 0 spiro atoms. The van der Waals surface area contributed by atoms with E-state index in [0.29, 0.717) is 23.2 Å². The minimum Gasteiger partial charge on any atom is -0.320 e. The molecule has 7 rings (SSSR count). The Balaban J connectivity index is 1.08. The molecule has 0 unspecified atom stereocenters. The molecule has 2 saturated carbocycles. The van der Waals surface area contributed by atoms with E-state index in [1.807, 2.05) is 62.6 Å². The van der Waals surface area contributed by atoms with Crippen molar-refractivity contribution >= 4 is 23.2 Å². The van der Waals surface area contributed by atoms with Gasteiger partial charge in [-0.15, -0.1) is 0 Å². The molecule has 8 heteroatoms. The average Bonchev–Trinajstić information content (AvgIpc) is 4.05. The van der Waals surface area contributed by atoms with Crippen molar-refractivity contribution in [3.8, 4) is 11.1 Å². The van der Waals surface area contributed by atoms with Gasteiger partial charge in [-0.1, -0.05) is 37.6 Å². The van der Waals surface area contributed by atoms with Gasteiger partial charge < -0.3 is 16.0 Å². The van der Waals surface area contributed by atoms with Crippen LogP contribution in [0.3, 0.4) is 0 Å². The van der Waals surface area contributed by atoms with Crippen LogP contribution >= 0.6 is 0 Å². The summed E-state index contributed by atoms with van der Waals surface area (Å²) >= 11 is 0. The molecule has 3 N–H and O–H groups in total. The van der Waals surface area contributed by atoms with Crippen LogP contribution in [-0.4, -0.2) is 46.3 Å². The Morgan fingerprint density at radius 3 is 1.76 bits per heavy atom. The highest BCUT2D eigenvalue weighted by molar-refractivity contribution is 6.05. The Morgan fingerprint density at radius 1 is 0.735 bits per heavy atom. The summed E-state index contributed by atoms with van der Waals surface area (Å²) in [4.78, 5) is 38.8. The van der Waals surface area contributed by atoms with E-state index in [1.54, 1.807) is 0 Å². The number of carbonyl (C=O) groups is 2. The van der Waals surface area contributed by atoms with E-state index in [9.17, 15) is 9.59 Å². The molecule has 0 atom stereocenters. The van der Waals surface area contributed by atoms with Gasteiger partial charge in [-0.3, -0.25) is 24.5 Å². The second kappa shape index (κ2) is 14.6. The van der Waals surface area contributed by atoms with E-state index in [-0.39, 0.29) is 11.8 Å². The number of piperidine rings is 1. The van der Waals surface area contributed by atoms with Crippen LogP contribution < -0.4 is 16.0 Å². The predicted octanol–water partition coefficient (Wildman–Crippen LogP) is 8.12. The Labute approximate surface area is 290 Å². The van der Waals surface area contributed by atoms with Crippen molar-refractivity contribution < 1.29 is 9.59 Å². The molecule has 1 saturated heterocycles. The van der Waals surface area contributed by atoms with Crippen molar-refractivity contribution in [2.75, 3.05) is 30.3 Å². The number of nitrogens with zero attached hydrogens (tertiary/aromatic N) is 3. The van der Waals surface area contributed by atoms with Crippen molar-refractivity contribution in [3.05, 3.63) is 106 Å². The lowest BCUT2D eigenvalue weighted by Crippen LogP contribution is -2.29. The summed E-state index contributed by atoms with van der Waals surface area (Å²) in [6, 6.07) is 15.9. The number of hydrogen-bond donors (Lipinski definition) is 3. The van der Waals surface area contributed by atoms with Gasteiger partial charge in [-0.25, -0.2) is 0 Å². The Bertz CT molecular complexity index is 1860. The normalized spacial score (nSPS) is 16.4. The van der Waals surface area contributed by atoms with Gasteiger partial charge in [0.25, 0.3) is 11.8 Å². The summed E-state index contributed by atoms with van der Waals surface area (Å²) in [6.07, 6.45) is 12.3. The average molecular weight is 657 g/mol. The molecular weight excluding hydrogens is 608 g/mol. The maximum Gasteiger partial charge on any atom is 0.274 e. The van der Waals surface area contributed by atoms with E-state index in [0.717, 1.165) is 79.2 Å². The summed E-state index contributed by atoms with van der Waals surface area (Å²) in [5, 5.41) is 9.67. The molecule has 2 aliphatic carbocycles. The van der Waals surface area contributed by atoms with Crippen molar-refractivity contribution in [1.82, 2.24) is 20.2 Å². The molecular formula is C41H48N6O2. The number of benzene rings is 2. The third kappa shape index (κ3) is 7.61. The first-order chi connectivity index (χ1) is 23.9. The zero-order valence-electron chi connectivity index (χ0n) is 29.1. The third-order valence-electron chi connectivity index (χ3n) is 10.4. The number of carbonyl (C=O) groups excluding carboxylic acids is 2. The van der Waals surface area contributed by atoms with Crippen LogP contribution in [0.2, 0.25) is 0 Å². The van der Waals surface area contributed by atoms with Crippen molar-refractivity contribution in [2.24, 2.45) is 0 Å². The van der Waals surface area contributed by atoms with Gasteiger partial charge in [0.15, 0.2) is 0 Å². The predicted molar refractivity (Wildman–Crippen MR) is 196 cm³/mol. The largest absolute Gasteiger partial charge is 0.320 e. The maximum absolute atomic E-state index is 13.6. The zero-order valence-corrected chi connectivity index (χ0v) is 29.1. The van der Waals surface area contributed by atoms with E-state index < -0.39 is 0 Å². The van der Waals surface area contributed by atoms with Crippen LogP contribution in [0.4, 0.5) is 11.4 Å². The van der Waals surface area contributed by atoms with Crippen LogP contribution in [0.15, 0.2) is 60.9 Å². The first kappa shape index (κ1) is 33.1. The smallest absolute Gasteiger partial charge is 0.274 e. The number of hydrogen-bond acceptors (Lipinski definition) is 6. The van der Waals surface area contributed by atoms with Crippen molar-refractivity contribution in [2.45, 2.75) is 90.6 Å². The minimum absolute atomic E-state index is 0.195. The molecule has 2 aromatic heterocycles. The number of pyridine rings is 2. The molecule has 4 aromatic rings. The number of rotatable bonds is 12. The summed E-state index contributed by atoms with van der Waals surface area (Å²) in [6.45, 7) is 11.0. The molecule has 1 aliphatic heterocycles. The number of amides is 2. The van der Waals surface area contributed by atoms with Crippen molar-refractivity contribution in [3.63, 3.8) is 0 Å². The molecule has 2 aromatic carbocycles. The van der Waals surface area contributed by atoms with Crippen LogP contribution in [0.1, 0.15) is 118 Å². The first-order valence-corrected chi connectivity index (χ1v) is 18.1. The summed E-state index contributed by atoms with van der Waals surface area (Å²) in [5.74, 6) is 0.645. The molecule has 8 nitrogen and oxygen atoms in total. The summed E-state index contributed by atoms with van der Waals surface area (Å²) in [7, 11) is 0. The molecule has 3 fully saturated rings. The fourth-order valence-electron chi connectivity index (χ4n) is 7.19. The van der Waals surface area contributed by atoms with Gasteiger partial charge in [0.2, 0.25) is 0 Å². The van der Waals surface area contributed by atoms with Gasteiger partial charge >= 0.3 is 0 Å². The van der Waals surface area contributed by atoms with Crippen LogP contribution in [0.5, 0.6) is 0 Å². The molecule has 3 heterocycles. The van der Waals surface area contributed by atoms with Gasteiger partial charge in [0.1, 0.15) is 11.4 Å². The second-order valence-corrected chi connectivity index (χ2v) is 14.1. The molecule has 0 bridgehead atoms. The fraction of sp³-hybridized carbons (Fsp3) is 0.415. The molecule has 0 radical (unpaired) electrons. The van der Waals surface area contributed by atoms with Crippen molar-refractivity contribution in [1.29, 1.82) is 0 Å². The molecule has 2 amide bonds. The number of nitrogens with one attached hydrogen (secondary N) is 3. The highest BCUT2D eigenvalue weighted by Crippen LogP contribution is 2.43. The van der Waals surface area contributed by atoms with Crippen LogP contribution in [-0.2, 0) is 13.1 Å². The second-order valence-electron chi connectivity index (χ2n) is 14.1. The van der Waals surface area contributed by atoms with Gasteiger partial charge in [-0.2, -0.15) is 0 Å². The lowest BCUT2D eigenvalue weighted by atomic mass is 9.94.